The Morgan fingerprint density at radius 2 is 1.78 bits per heavy atom. The van der Waals surface area contributed by atoms with Gasteiger partial charge < -0.3 is 9.64 Å². The van der Waals surface area contributed by atoms with E-state index in [0.29, 0.717) is 30.8 Å². The van der Waals surface area contributed by atoms with Gasteiger partial charge in [0.25, 0.3) is 16.0 Å². The Hall–Kier alpha value is -2.90. The number of amides is 1. The molecule has 1 fully saturated rings. The summed E-state index contributed by atoms with van der Waals surface area (Å²) in [7, 11) is -3.57. The third kappa shape index (κ3) is 6.26. The minimum Gasteiger partial charge on any atom is -0.491 e. The predicted molar refractivity (Wildman–Crippen MR) is 143 cm³/mol. The molecule has 0 aliphatic carbocycles. The van der Waals surface area contributed by atoms with Crippen molar-refractivity contribution in [2.24, 2.45) is 0 Å². The van der Waals surface area contributed by atoms with E-state index >= 15 is 0 Å². The van der Waals surface area contributed by atoms with Crippen molar-refractivity contribution >= 4 is 26.8 Å². The summed E-state index contributed by atoms with van der Waals surface area (Å²) in [6.07, 6.45) is 4.24. The van der Waals surface area contributed by atoms with Crippen molar-refractivity contribution in [3.05, 3.63) is 77.9 Å². The van der Waals surface area contributed by atoms with Crippen molar-refractivity contribution in [2.75, 3.05) is 26.0 Å². The first kappa shape index (κ1) is 26.2. The number of ether oxygens (including phenoxy) is 1. The highest BCUT2D eigenvalue weighted by molar-refractivity contribution is 7.85. The van der Waals surface area contributed by atoms with Gasteiger partial charge in [-0.05, 0) is 67.6 Å². The quantitative estimate of drug-likeness (QED) is 0.372. The van der Waals surface area contributed by atoms with E-state index in [-0.39, 0.29) is 18.6 Å². The van der Waals surface area contributed by atoms with Crippen LogP contribution in [0.5, 0.6) is 5.75 Å². The maximum absolute atomic E-state index is 13.7. The van der Waals surface area contributed by atoms with Crippen molar-refractivity contribution in [3.63, 3.8) is 0 Å². The molecule has 1 aliphatic rings. The fourth-order valence-corrected chi connectivity index (χ4v) is 5.64. The third-order valence-corrected chi connectivity index (χ3v) is 7.40. The van der Waals surface area contributed by atoms with Crippen LogP contribution in [-0.2, 0) is 19.7 Å². The molecule has 192 valence electrons. The van der Waals surface area contributed by atoms with Crippen LogP contribution in [0, 0.1) is 0 Å². The van der Waals surface area contributed by atoms with E-state index in [2.05, 4.69) is 24.3 Å². The largest absolute Gasteiger partial charge is 0.491 e. The Morgan fingerprint density at radius 3 is 2.56 bits per heavy atom. The predicted octanol–water partition coefficient (Wildman–Crippen LogP) is 5.56. The maximum Gasteiger partial charge on any atom is 0.264 e. The molecule has 0 saturated carbocycles. The zero-order chi connectivity index (χ0) is 25.8. The molecule has 6 nitrogen and oxygen atoms in total. The van der Waals surface area contributed by atoms with Crippen LogP contribution in [0.2, 0.25) is 0 Å². The second-order valence-corrected chi connectivity index (χ2v) is 11.6. The van der Waals surface area contributed by atoms with E-state index in [1.807, 2.05) is 55.1 Å². The summed E-state index contributed by atoms with van der Waals surface area (Å²) in [5.41, 5.74) is 1.28. The fraction of sp³-hybridized carbons (Fsp3) is 0.414. The highest BCUT2D eigenvalue weighted by Crippen LogP contribution is 2.41. The van der Waals surface area contributed by atoms with Crippen LogP contribution >= 0.6 is 0 Å². The van der Waals surface area contributed by atoms with E-state index in [9.17, 15) is 13.2 Å². The molecular formula is C29H35NO5S. The summed E-state index contributed by atoms with van der Waals surface area (Å²) < 4.78 is 34.6. The summed E-state index contributed by atoms with van der Waals surface area (Å²) in [6.45, 7) is 5.12. The molecule has 0 spiro atoms. The van der Waals surface area contributed by atoms with Crippen LogP contribution in [0.1, 0.15) is 55.5 Å². The number of hydrogen-bond donors (Lipinski definition) is 0. The summed E-state index contributed by atoms with van der Waals surface area (Å²) in [5.74, 6) is 0.632. The van der Waals surface area contributed by atoms with E-state index in [1.54, 1.807) is 6.07 Å². The smallest absolute Gasteiger partial charge is 0.264 e. The summed E-state index contributed by atoms with van der Waals surface area (Å²) >= 11 is 0. The van der Waals surface area contributed by atoms with Gasteiger partial charge in [0.1, 0.15) is 5.75 Å². The molecule has 0 N–H and O–H groups in total. The van der Waals surface area contributed by atoms with Gasteiger partial charge in [-0.1, -0.05) is 55.0 Å². The van der Waals surface area contributed by atoms with E-state index in [1.165, 1.54) is 0 Å². The van der Waals surface area contributed by atoms with Crippen LogP contribution in [0.4, 0.5) is 0 Å². The molecule has 1 atom stereocenters. The molecule has 0 bridgehead atoms. The van der Waals surface area contributed by atoms with Gasteiger partial charge in [-0.15, -0.1) is 0 Å². The van der Waals surface area contributed by atoms with Gasteiger partial charge in [0, 0.05) is 24.1 Å². The number of carbonyl (C=O) groups excluding carboxylic acids is 1. The summed E-state index contributed by atoms with van der Waals surface area (Å²) in [5, 5.41) is 2.25. The molecule has 1 heterocycles. The summed E-state index contributed by atoms with van der Waals surface area (Å²) in [4.78, 5) is 15.7. The van der Waals surface area contributed by atoms with Crippen LogP contribution < -0.4 is 4.74 Å². The first-order valence-corrected chi connectivity index (χ1v) is 14.4. The molecule has 0 aromatic heterocycles. The van der Waals surface area contributed by atoms with Crippen LogP contribution in [0.15, 0.2) is 66.7 Å². The van der Waals surface area contributed by atoms with Gasteiger partial charge >= 0.3 is 0 Å². The lowest BCUT2D eigenvalue weighted by molar-refractivity contribution is 0.0715. The van der Waals surface area contributed by atoms with E-state index in [0.717, 1.165) is 41.9 Å². The molecule has 1 aliphatic heterocycles. The van der Waals surface area contributed by atoms with Gasteiger partial charge in [0.05, 0.1) is 19.0 Å². The maximum atomic E-state index is 13.7. The normalized spacial score (nSPS) is 18.8. The van der Waals surface area contributed by atoms with Gasteiger partial charge in [-0.2, -0.15) is 8.42 Å². The highest BCUT2D eigenvalue weighted by atomic mass is 32.2. The van der Waals surface area contributed by atoms with Gasteiger partial charge in [-0.25, -0.2) is 0 Å². The number of carbonyl (C=O) groups is 1. The minimum atomic E-state index is -3.57. The Balaban J connectivity index is 1.72. The number of fused-ring (bicyclic) bond motifs is 1. The molecule has 0 unspecified atom stereocenters. The molecule has 3 aromatic carbocycles. The lowest BCUT2D eigenvalue weighted by Gasteiger charge is -2.38. The SMILES string of the molecule is CC(C)Oc1cccc(C(=O)N2CCCC[C@](CCOS(C)(=O)=O)(c3cccc4ccccc34)C2)c1. The second kappa shape index (κ2) is 11.0. The highest BCUT2D eigenvalue weighted by Gasteiger charge is 2.38. The van der Waals surface area contributed by atoms with Crippen molar-refractivity contribution in [2.45, 2.75) is 51.0 Å². The first-order chi connectivity index (χ1) is 17.2. The molecule has 36 heavy (non-hydrogen) atoms. The zero-order valence-corrected chi connectivity index (χ0v) is 22.1. The Bertz CT molecular complexity index is 1310. The Labute approximate surface area is 214 Å². The zero-order valence-electron chi connectivity index (χ0n) is 21.3. The fourth-order valence-electron chi connectivity index (χ4n) is 5.25. The van der Waals surface area contributed by atoms with Gasteiger partial charge in [0.15, 0.2) is 0 Å². The second-order valence-electron chi connectivity index (χ2n) is 9.96. The topological polar surface area (TPSA) is 72.9 Å². The lowest BCUT2D eigenvalue weighted by atomic mass is 9.72. The number of likely N-dealkylation sites (tertiary alicyclic amines) is 1. The average Bonchev–Trinajstić information content (AvgIpc) is 3.06. The Kier molecular flexibility index (Phi) is 8.00. The first-order valence-electron chi connectivity index (χ1n) is 12.6. The van der Waals surface area contributed by atoms with Crippen molar-refractivity contribution in [3.8, 4) is 5.75 Å². The van der Waals surface area contributed by atoms with Crippen LogP contribution in [0.3, 0.4) is 0 Å². The van der Waals surface area contributed by atoms with Crippen LogP contribution in [0.25, 0.3) is 10.8 Å². The lowest BCUT2D eigenvalue weighted by Crippen LogP contribution is -2.43. The average molecular weight is 510 g/mol. The van der Waals surface area contributed by atoms with Crippen LogP contribution in [-0.4, -0.2) is 51.3 Å². The monoisotopic (exact) mass is 509 g/mol. The van der Waals surface area contributed by atoms with Crippen molar-refractivity contribution in [1.82, 2.24) is 4.90 Å². The molecule has 4 rings (SSSR count). The van der Waals surface area contributed by atoms with Crippen molar-refractivity contribution < 1.29 is 22.1 Å². The number of nitrogens with zero attached hydrogens (tertiary/aromatic N) is 1. The molecule has 1 amide bonds. The molecule has 0 radical (unpaired) electrons. The third-order valence-electron chi connectivity index (χ3n) is 6.81. The standard InChI is InChI=1S/C29H35NO5S/c1-22(2)35-25-13-8-12-24(20-25)28(31)30-18-7-6-16-29(21-30,17-19-34-36(3,32)33)27-15-9-11-23-10-4-5-14-26(23)27/h4-5,8-15,20,22H,6-7,16-19,21H2,1-3H3/t29-/m1/s1. The van der Waals surface area contributed by atoms with E-state index in [4.69, 9.17) is 8.92 Å². The molecule has 3 aromatic rings. The summed E-state index contributed by atoms with van der Waals surface area (Å²) in [6, 6.07) is 21.8. The Morgan fingerprint density at radius 1 is 1.03 bits per heavy atom. The van der Waals surface area contributed by atoms with E-state index < -0.39 is 15.5 Å². The minimum absolute atomic E-state index is 0.0161. The number of rotatable bonds is 8. The molecule has 1 saturated heterocycles. The number of benzene rings is 3. The number of hydrogen-bond acceptors (Lipinski definition) is 5. The molecular weight excluding hydrogens is 474 g/mol. The van der Waals surface area contributed by atoms with Gasteiger partial charge in [0.2, 0.25) is 0 Å². The molecule has 7 heteroatoms. The van der Waals surface area contributed by atoms with Gasteiger partial charge in [-0.3, -0.25) is 8.98 Å². The van der Waals surface area contributed by atoms with Crippen molar-refractivity contribution in [1.29, 1.82) is 0 Å².